The highest BCUT2D eigenvalue weighted by Crippen LogP contribution is 2.21. The third-order valence-corrected chi connectivity index (χ3v) is 2.56. The molecule has 0 bridgehead atoms. The van der Waals surface area contributed by atoms with Crippen molar-refractivity contribution in [2.24, 2.45) is 0 Å². The highest BCUT2D eigenvalue weighted by molar-refractivity contribution is 5.26. The van der Waals surface area contributed by atoms with Crippen molar-refractivity contribution in [3.05, 3.63) is 24.0 Å². The molecule has 1 heterocycles. The highest BCUT2D eigenvalue weighted by Gasteiger charge is 2.17. The van der Waals surface area contributed by atoms with Crippen LogP contribution in [0, 0.1) is 0 Å². The number of methoxy groups -OCH3 is 1. The van der Waals surface area contributed by atoms with E-state index in [1.165, 1.54) is 0 Å². The smallest absolute Gasteiger partial charge is 0.137 e. The lowest BCUT2D eigenvalue weighted by molar-refractivity contribution is 0.0855. The molecule has 4 nitrogen and oxygen atoms in total. The zero-order chi connectivity index (χ0) is 12.0. The van der Waals surface area contributed by atoms with Gasteiger partial charge in [-0.15, -0.1) is 0 Å². The molecule has 16 heavy (non-hydrogen) atoms. The Bertz CT molecular complexity index is 318. The molecule has 2 unspecified atom stereocenters. The molecule has 0 saturated heterocycles. The zero-order valence-electron chi connectivity index (χ0n) is 10.4. The summed E-state index contributed by atoms with van der Waals surface area (Å²) < 4.78 is 10.7. The number of nitrogens with one attached hydrogen (secondary N) is 1. The SMILES string of the molecule is CCOc1cncc(C(NC)C(C)OC)c1. The number of pyridine rings is 1. The van der Waals surface area contributed by atoms with Crippen LogP contribution in [0.4, 0.5) is 0 Å². The van der Waals surface area contributed by atoms with Crippen LogP contribution in [0.3, 0.4) is 0 Å². The fraction of sp³-hybridized carbons (Fsp3) is 0.583. The number of likely N-dealkylation sites (N-methyl/N-ethyl adjacent to an activating group) is 1. The molecule has 1 rings (SSSR count). The second-order valence-corrected chi connectivity index (χ2v) is 3.59. The van der Waals surface area contributed by atoms with Gasteiger partial charge in [0.2, 0.25) is 0 Å². The van der Waals surface area contributed by atoms with Crippen LogP contribution < -0.4 is 10.1 Å². The molecule has 0 aliphatic rings. The fourth-order valence-corrected chi connectivity index (χ4v) is 1.66. The van der Waals surface area contributed by atoms with Crippen LogP contribution in [0.1, 0.15) is 25.5 Å². The van der Waals surface area contributed by atoms with Crippen molar-refractivity contribution in [3.8, 4) is 5.75 Å². The van der Waals surface area contributed by atoms with Gasteiger partial charge in [0.05, 0.1) is 24.9 Å². The largest absolute Gasteiger partial charge is 0.492 e. The van der Waals surface area contributed by atoms with Crippen molar-refractivity contribution >= 4 is 0 Å². The van der Waals surface area contributed by atoms with E-state index in [-0.39, 0.29) is 12.1 Å². The average Bonchev–Trinajstić information content (AvgIpc) is 2.31. The highest BCUT2D eigenvalue weighted by atomic mass is 16.5. The van der Waals surface area contributed by atoms with Gasteiger partial charge >= 0.3 is 0 Å². The first kappa shape index (κ1) is 12.9. The third-order valence-electron chi connectivity index (χ3n) is 2.56. The van der Waals surface area contributed by atoms with Crippen molar-refractivity contribution < 1.29 is 9.47 Å². The summed E-state index contributed by atoms with van der Waals surface area (Å²) in [6, 6.07) is 2.12. The summed E-state index contributed by atoms with van der Waals surface area (Å²) in [7, 11) is 3.61. The lowest BCUT2D eigenvalue weighted by Crippen LogP contribution is -2.28. The third kappa shape index (κ3) is 3.18. The van der Waals surface area contributed by atoms with Gasteiger partial charge in [0.1, 0.15) is 5.75 Å². The first-order valence-corrected chi connectivity index (χ1v) is 5.50. The van der Waals surface area contributed by atoms with Gasteiger partial charge in [0, 0.05) is 13.3 Å². The van der Waals surface area contributed by atoms with Crippen molar-refractivity contribution in [2.75, 3.05) is 20.8 Å². The maximum Gasteiger partial charge on any atom is 0.137 e. The first-order chi connectivity index (χ1) is 7.72. The van der Waals surface area contributed by atoms with E-state index in [0.29, 0.717) is 6.61 Å². The zero-order valence-corrected chi connectivity index (χ0v) is 10.4. The number of ether oxygens (including phenoxy) is 2. The second-order valence-electron chi connectivity index (χ2n) is 3.59. The molecule has 0 spiro atoms. The summed E-state index contributed by atoms with van der Waals surface area (Å²) in [5.41, 5.74) is 1.07. The molecule has 0 amide bonds. The Kier molecular flexibility index (Phi) is 5.22. The Morgan fingerprint density at radius 1 is 1.44 bits per heavy atom. The van der Waals surface area contributed by atoms with Gasteiger partial charge in [-0.05, 0) is 32.5 Å². The standard InChI is InChI=1S/C12H20N2O2/c1-5-16-11-6-10(7-14-8-11)12(13-3)9(2)15-4/h6-9,12-13H,5H2,1-4H3. The molecule has 1 aromatic heterocycles. The van der Waals surface area contributed by atoms with Crippen LogP contribution in [0.5, 0.6) is 5.75 Å². The molecule has 0 fully saturated rings. The molecule has 0 aliphatic carbocycles. The van der Waals surface area contributed by atoms with Crippen LogP contribution >= 0.6 is 0 Å². The molecule has 4 heteroatoms. The predicted molar refractivity (Wildman–Crippen MR) is 63.7 cm³/mol. The normalized spacial score (nSPS) is 14.5. The van der Waals surface area contributed by atoms with Gasteiger partial charge in [-0.2, -0.15) is 0 Å². The van der Waals surface area contributed by atoms with Gasteiger partial charge in [-0.3, -0.25) is 4.98 Å². The van der Waals surface area contributed by atoms with E-state index in [1.807, 2.05) is 33.2 Å². The molecule has 0 aliphatic heterocycles. The molecule has 1 N–H and O–H groups in total. The maximum atomic E-state index is 5.42. The van der Waals surface area contributed by atoms with Gasteiger partial charge in [-0.25, -0.2) is 0 Å². The van der Waals surface area contributed by atoms with E-state index in [1.54, 1.807) is 13.3 Å². The summed E-state index contributed by atoms with van der Waals surface area (Å²) in [6.07, 6.45) is 3.64. The molecule has 0 aromatic carbocycles. The summed E-state index contributed by atoms with van der Waals surface area (Å²) in [4.78, 5) is 4.17. The van der Waals surface area contributed by atoms with Crippen molar-refractivity contribution in [1.82, 2.24) is 10.3 Å². The molecule has 0 saturated carbocycles. The van der Waals surface area contributed by atoms with E-state index in [0.717, 1.165) is 11.3 Å². The maximum absolute atomic E-state index is 5.42. The van der Waals surface area contributed by atoms with Gasteiger partial charge in [-0.1, -0.05) is 0 Å². The average molecular weight is 224 g/mol. The summed E-state index contributed by atoms with van der Waals surface area (Å²) in [5, 5.41) is 3.22. The van der Waals surface area contributed by atoms with Crippen LogP contribution in [0.25, 0.3) is 0 Å². The van der Waals surface area contributed by atoms with Crippen molar-refractivity contribution in [3.63, 3.8) is 0 Å². The molecule has 1 aromatic rings. The Balaban J connectivity index is 2.87. The van der Waals surface area contributed by atoms with Crippen LogP contribution in [0.15, 0.2) is 18.5 Å². The van der Waals surface area contributed by atoms with E-state index < -0.39 is 0 Å². The second kappa shape index (κ2) is 6.45. The number of aromatic nitrogens is 1. The minimum atomic E-state index is 0.0867. The van der Waals surface area contributed by atoms with Crippen LogP contribution in [-0.2, 0) is 4.74 Å². The Labute approximate surface area is 97.0 Å². The first-order valence-electron chi connectivity index (χ1n) is 5.50. The summed E-state index contributed by atoms with van der Waals surface area (Å²) in [6.45, 7) is 4.63. The Morgan fingerprint density at radius 3 is 2.75 bits per heavy atom. The molecule has 2 atom stereocenters. The van der Waals surface area contributed by atoms with Gasteiger partial charge in [0.25, 0.3) is 0 Å². The van der Waals surface area contributed by atoms with E-state index in [4.69, 9.17) is 9.47 Å². The number of nitrogens with zero attached hydrogens (tertiary/aromatic N) is 1. The van der Waals surface area contributed by atoms with Crippen molar-refractivity contribution in [2.45, 2.75) is 26.0 Å². The Hall–Kier alpha value is -1.13. The fourth-order valence-electron chi connectivity index (χ4n) is 1.66. The summed E-state index contributed by atoms with van der Waals surface area (Å²) >= 11 is 0. The number of rotatable bonds is 6. The summed E-state index contributed by atoms with van der Waals surface area (Å²) in [5.74, 6) is 0.795. The van der Waals surface area contributed by atoms with E-state index >= 15 is 0 Å². The number of hydrogen-bond acceptors (Lipinski definition) is 4. The monoisotopic (exact) mass is 224 g/mol. The topological polar surface area (TPSA) is 43.4 Å². The van der Waals surface area contributed by atoms with E-state index in [2.05, 4.69) is 10.3 Å². The quantitative estimate of drug-likeness (QED) is 0.800. The minimum absolute atomic E-state index is 0.0867. The van der Waals surface area contributed by atoms with E-state index in [9.17, 15) is 0 Å². The number of hydrogen-bond donors (Lipinski definition) is 1. The molecular weight excluding hydrogens is 204 g/mol. The predicted octanol–water partition coefficient (Wildman–Crippen LogP) is 1.78. The molecule has 0 radical (unpaired) electrons. The van der Waals surface area contributed by atoms with Gasteiger partial charge in [0.15, 0.2) is 0 Å². The van der Waals surface area contributed by atoms with Crippen LogP contribution in [0.2, 0.25) is 0 Å². The lowest BCUT2D eigenvalue weighted by Gasteiger charge is -2.22. The Morgan fingerprint density at radius 2 is 2.19 bits per heavy atom. The lowest BCUT2D eigenvalue weighted by atomic mass is 10.0. The van der Waals surface area contributed by atoms with Gasteiger partial charge < -0.3 is 14.8 Å². The molecular formula is C12H20N2O2. The van der Waals surface area contributed by atoms with Crippen molar-refractivity contribution in [1.29, 1.82) is 0 Å². The van der Waals surface area contributed by atoms with Crippen LogP contribution in [-0.4, -0.2) is 31.9 Å². The molecule has 90 valence electrons. The minimum Gasteiger partial charge on any atom is -0.492 e.